The lowest BCUT2D eigenvalue weighted by Crippen LogP contribution is -2.07. The maximum absolute atomic E-state index is 12.2. The zero-order valence-corrected chi connectivity index (χ0v) is 16.2. The minimum atomic E-state index is -0.237. The van der Waals surface area contributed by atoms with E-state index in [9.17, 15) is 4.79 Å². The molecular weight excluding hydrogens is 393 g/mol. The van der Waals surface area contributed by atoms with E-state index in [0.717, 1.165) is 22.0 Å². The first-order valence-electron chi connectivity index (χ1n) is 8.61. The van der Waals surface area contributed by atoms with Crippen LogP contribution in [0.25, 0.3) is 28.2 Å². The molecule has 0 fully saturated rings. The van der Waals surface area contributed by atoms with Gasteiger partial charge in [0.05, 0.1) is 0 Å². The molecule has 1 amide bonds. The number of halogens is 2. The highest BCUT2D eigenvalue weighted by atomic mass is 35.5. The number of fused-ring (bicyclic) bond motifs is 1. The zero-order chi connectivity index (χ0) is 19.5. The number of hydrogen-bond donors (Lipinski definition) is 1. The summed E-state index contributed by atoms with van der Waals surface area (Å²) in [5.41, 5.74) is 1.51. The Morgan fingerprint density at radius 2 is 1.61 bits per heavy atom. The molecule has 4 rings (SSSR count). The minimum Gasteiger partial charge on any atom is -0.457 e. The quantitative estimate of drug-likeness (QED) is 0.368. The van der Waals surface area contributed by atoms with Crippen LogP contribution in [0.5, 0.6) is 0 Å². The van der Waals surface area contributed by atoms with Gasteiger partial charge in [0.1, 0.15) is 11.5 Å². The van der Waals surface area contributed by atoms with E-state index in [1.807, 2.05) is 48.5 Å². The third-order valence-corrected chi connectivity index (χ3v) is 4.63. The molecule has 0 aliphatic heterocycles. The van der Waals surface area contributed by atoms with E-state index >= 15 is 0 Å². The van der Waals surface area contributed by atoms with Crippen molar-refractivity contribution in [1.29, 1.82) is 0 Å². The van der Waals surface area contributed by atoms with Gasteiger partial charge in [0.25, 0.3) is 0 Å². The van der Waals surface area contributed by atoms with Crippen LogP contribution in [0.1, 0.15) is 5.76 Å². The van der Waals surface area contributed by atoms with Crippen molar-refractivity contribution in [3.8, 4) is 11.3 Å². The summed E-state index contributed by atoms with van der Waals surface area (Å²) < 4.78 is 5.75. The van der Waals surface area contributed by atoms with E-state index in [1.165, 1.54) is 6.08 Å². The van der Waals surface area contributed by atoms with Crippen molar-refractivity contribution < 1.29 is 9.21 Å². The molecule has 0 saturated heterocycles. The van der Waals surface area contributed by atoms with Crippen LogP contribution < -0.4 is 5.32 Å². The summed E-state index contributed by atoms with van der Waals surface area (Å²) >= 11 is 12.1. The number of carbonyl (C=O) groups excluding carboxylic acids is 1. The van der Waals surface area contributed by atoms with Crippen LogP contribution in [0.3, 0.4) is 0 Å². The first kappa shape index (κ1) is 18.4. The van der Waals surface area contributed by atoms with E-state index in [1.54, 1.807) is 30.3 Å². The molecule has 5 heteroatoms. The summed E-state index contributed by atoms with van der Waals surface area (Å²) in [6.07, 6.45) is 3.05. The predicted molar refractivity (Wildman–Crippen MR) is 116 cm³/mol. The smallest absolute Gasteiger partial charge is 0.248 e. The third-order valence-electron chi connectivity index (χ3n) is 4.19. The Kier molecular flexibility index (Phi) is 5.20. The maximum Gasteiger partial charge on any atom is 0.248 e. The fraction of sp³-hybridized carbons (Fsp3) is 0. The highest BCUT2D eigenvalue weighted by Crippen LogP contribution is 2.29. The highest BCUT2D eigenvalue weighted by molar-refractivity contribution is 6.35. The lowest BCUT2D eigenvalue weighted by molar-refractivity contribution is -0.111. The normalized spacial score (nSPS) is 11.2. The highest BCUT2D eigenvalue weighted by Gasteiger charge is 2.06. The fourth-order valence-electron chi connectivity index (χ4n) is 2.90. The van der Waals surface area contributed by atoms with Gasteiger partial charge in [0.2, 0.25) is 5.91 Å². The molecule has 0 atom stereocenters. The Morgan fingerprint density at radius 1 is 0.857 bits per heavy atom. The van der Waals surface area contributed by atoms with Crippen LogP contribution in [0.4, 0.5) is 5.69 Å². The molecule has 0 spiro atoms. The minimum absolute atomic E-state index is 0.237. The third kappa shape index (κ3) is 4.28. The molecule has 0 saturated carbocycles. The van der Waals surface area contributed by atoms with E-state index in [0.29, 0.717) is 21.6 Å². The number of carbonyl (C=O) groups is 1. The maximum atomic E-state index is 12.2. The lowest BCUT2D eigenvalue weighted by atomic mass is 10.1. The van der Waals surface area contributed by atoms with E-state index in [4.69, 9.17) is 27.6 Å². The molecule has 4 aromatic rings. The SMILES string of the molecule is O=C(/C=C/c1ccc(-c2cc(Cl)cc(Cl)c2)o1)Nc1ccc2ccccc2c1. The number of nitrogens with one attached hydrogen (secondary N) is 1. The molecule has 28 heavy (non-hydrogen) atoms. The summed E-state index contributed by atoms with van der Waals surface area (Å²) in [5.74, 6) is 0.942. The van der Waals surface area contributed by atoms with E-state index in [2.05, 4.69) is 5.32 Å². The van der Waals surface area contributed by atoms with Crippen molar-refractivity contribution in [2.75, 3.05) is 5.32 Å². The van der Waals surface area contributed by atoms with Gasteiger partial charge in [-0.05, 0) is 59.3 Å². The van der Waals surface area contributed by atoms with Crippen LogP contribution in [-0.2, 0) is 4.79 Å². The Labute approximate surface area is 172 Å². The Hall–Kier alpha value is -3.01. The van der Waals surface area contributed by atoms with Gasteiger partial charge < -0.3 is 9.73 Å². The van der Waals surface area contributed by atoms with Gasteiger partial charge in [-0.1, -0.05) is 53.5 Å². The Balaban J connectivity index is 1.46. The first-order valence-corrected chi connectivity index (χ1v) is 9.37. The van der Waals surface area contributed by atoms with Gasteiger partial charge in [0, 0.05) is 27.4 Å². The summed E-state index contributed by atoms with van der Waals surface area (Å²) in [7, 11) is 0. The van der Waals surface area contributed by atoms with Crippen molar-refractivity contribution in [3.63, 3.8) is 0 Å². The van der Waals surface area contributed by atoms with Gasteiger partial charge in [-0.25, -0.2) is 0 Å². The van der Waals surface area contributed by atoms with Gasteiger partial charge in [0.15, 0.2) is 0 Å². The number of amides is 1. The average molecular weight is 408 g/mol. The molecule has 0 aliphatic rings. The second-order valence-electron chi connectivity index (χ2n) is 6.24. The summed E-state index contributed by atoms with van der Waals surface area (Å²) in [4.78, 5) is 12.2. The van der Waals surface area contributed by atoms with Crippen molar-refractivity contribution in [2.45, 2.75) is 0 Å². The van der Waals surface area contributed by atoms with Crippen LogP contribution in [0.15, 0.2) is 83.3 Å². The molecule has 1 heterocycles. The monoisotopic (exact) mass is 407 g/mol. The topological polar surface area (TPSA) is 42.2 Å². The molecule has 0 unspecified atom stereocenters. The van der Waals surface area contributed by atoms with Crippen molar-refractivity contribution >= 4 is 51.6 Å². The molecule has 0 aliphatic carbocycles. The molecule has 3 aromatic carbocycles. The number of benzene rings is 3. The molecule has 1 N–H and O–H groups in total. The van der Waals surface area contributed by atoms with Gasteiger partial charge >= 0.3 is 0 Å². The number of rotatable bonds is 4. The molecular formula is C23H15Cl2NO2. The molecule has 0 radical (unpaired) electrons. The summed E-state index contributed by atoms with van der Waals surface area (Å²) in [6, 6.07) is 22.6. The second-order valence-corrected chi connectivity index (χ2v) is 7.12. The lowest BCUT2D eigenvalue weighted by Gasteiger charge is -2.04. The van der Waals surface area contributed by atoms with Crippen molar-refractivity contribution in [1.82, 2.24) is 0 Å². The van der Waals surface area contributed by atoms with Gasteiger partial charge in [-0.2, -0.15) is 0 Å². The largest absolute Gasteiger partial charge is 0.457 e. The van der Waals surface area contributed by atoms with Crippen LogP contribution in [0.2, 0.25) is 10.0 Å². The number of anilines is 1. The van der Waals surface area contributed by atoms with Crippen molar-refractivity contribution in [3.05, 3.63) is 94.7 Å². The molecule has 3 nitrogen and oxygen atoms in total. The Morgan fingerprint density at radius 3 is 2.39 bits per heavy atom. The van der Waals surface area contributed by atoms with E-state index < -0.39 is 0 Å². The van der Waals surface area contributed by atoms with Crippen LogP contribution in [0, 0.1) is 0 Å². The van der Waals surface area contributed by atoms with Gasteiger partial charge in [-0.3, -0.25) is 4.79 Å². The molecule has 1 aromatic heterocycles. The zero-order valence-electron chi connectivity index (χ0n) is 14.7. The first-order chi connectivity index (χ1) is 13.6. The predicted octanol–water partition coefficient (Wildman–Crippen LogP) is 7.06. The summed E-state index contributed by atoms with van der Waals surface area (Å²) in [5, 5.41) is 6.12. The standard InChI is InChI=1S/C23H15Cl2NO2/c24-18-11-17(12-19(25)14-18)22-9-7-21(28-22)8-10-23(27)26-20-6-5-15-3-1-2-4-16(15)13-20/h1-14H,(H,26,27)/b10-8+. The average Bonchev–Trinajstić information content (AvgIpc) is 3.15. The Bertz CT molecular complexity index is 1170. The van der Waals surface area contributed by atoms with Crippen LogP contribution >= 0.6 is 23.2 Å². The fourth-order valence-corrected chi connectivity index (χ4v) is 3.43. The van der Waals surface area contributed by atoms with E-state index in [-0.39, 0.29) is 5.91 Å². The summed E-state index contributed by atoms with van der Waals surface area (Å²) in [6.45, 7) is 0. The molecule has 0 bridgehead atoms. The number of furan rings is 1. The van der Waals surface area contributed by atoms with Gasteiger partial charge in [-0.15, -0.1) is 0 Å². The second kappa shape index (κ2) is 7.93. The number of hydrogen-bond acceptors (Lipinski definition) is 2. The van der Waals surface area contributed by atoms with Crippen LogP contribution in [-0.4, -0.2) is 5.91 Å². The van der Waals surface area contributed by atoms with Crippen molar-refractivity contribution in [2.24, 2.45) is 0 Å². The molecule has 138 valence electrons.